The summed E-state index contributed by atoms with van der Waals surface area (Å²) in [6.07, 6.45) is 3.83. The number of hydrogen-bond acceptors (Lipinski definition) is 5. The zero-order valence-electron chi connectivity index (χ0n) is 14.6. The molecule has 1 aromatic carbocycles. The molecule has 2 N–H and O–H groups in total. The van der Waals surface area contributed by atoms with E-state index in [1.165, 1.54) is 0 Å². The number of hydrogen-bond donors (Lipinski definition) is 2. The first kappa shape index (κ1) is 16.1. The summed E-state index contributed by atoms with van der Waals surface area (Å²) in [7, 11) is 2.19. The molecule has 130 valence electrons. The predicted molar refractivity (Wildman–Crippen MR) is 102 cm³/mol. The van der Waals surface area contributed by atoms with Gasteiger partial charge < -0.3 is 15.2 Å². The van der Waals surface area contributed by atoms with Crippen molar-refractivity contribution in [3.63, 3.8) is 0 Å². The lowest BCUT2D eigenvalue weighted by Crippen LogP contribution is -2.45. The number of nitrogens with zero attached hydrogens (tertiary/aromatic N) is 4. The second-order valence-corrected chi connectivity index (χ2v) is 6.58. The lowest BCUT2D eigenvalue weighted by atomic mass is 10.2. The molecule has 0 saturated carbocycles. The van der Waals surface area contributed by atoms with Gasteiger partial charge in [0.05, 0.1) is 5.52 Å². The Hall–Kier alpha value is -2.44. The van der Waals surface area contributed by atoms with Crippen molar-refractivity contribution in [1.82, 2.24) is 24.8 Å². The summed E-state index contributed by atoms with van der Waals surface area (Å²) in [6.45, 7) is 6.49. The van der Waals surface area contributed by atoms with Crippen molar-refractivity contribution in [3.8, 4) is 11.4 Å². The fourth-order valence-corrected chi connectivity index (χ4v) is 3.21. The predicted octanol–water partition coefficient (Wildman–Crippen LogP) is 2.28. The lowest BCUT2D eigenvalue weighted by molar-refractivity contribution is 0.158. The van der Waals surface area contributed by atoms with Crippen molar-refractivity contribution in [1.29, 1.82) is 0 Å². The number of fused-ring (bicyclic) bond motifs is 1. The van der Waals surface area contributed by atoms with Gasteiger partial charge in [0.2, 0.25) is 0 Å². The number of nitrogens with one attached hydrogen (secondary N) is 2. The van der Waals surface area contributed by atoms with E-state index in [1.54, 1.807) is 0 Å². The summed E-state index contributed by atoms with van der Waals surface area (Å²) in [5.74, 6) is 1.66. The molecule has 1 aliphatic heterocycles. The second-order valence-electron chi connectivity index (χ2n) is 6.58. The molecule has 0 bridgehead atoms. The van der Waals surface area contributed by atoms with Crippen molar-refractivity contribution in [3.05, 3.63) is 42.7 Å². The molecular formula is C19H24N6. The van der Waals surface area contributed by atoms with Gasteiger partial charge in [-0.05, 0) is 25.2 Å². The highest BCUT2D eigenvalue weighted by Crippen LogP contribution is 2.24. The molecule has 25 heavy (non-hydrogen) atoms. The smallest absolute Gasteiger partial charge is 0.163 e. The average molecular weight is 336 g/mol. The Bertz CT molecular complexity index is 821. The van der Waals surface area contributed by atoms with Crippen molar-refractivity contribution in [2.45, 2.75) is 0 Å². The van der Waals surface area contributed by atoms with Crippen molar-refractivity contribution < 1.29 is 0 Å². The molecule has 1 fully saturated rings. The molecule has 0 amide bonds. The zero-order chi connectivity index (χ0) is 17.1. The van der Waals surface area contributed by atoms with Crippen molar-refractivity contribution in [2.75, 3.05) is 51.6 Å². The van der Waals surface area contributed by atoms with Crippen LogP contribution in [0.25, 0.3) is 22.3 Å². The van der Waals surface area contributed by atoms with Crippen molar-refractivity contribution in [2.24, 2.45) is 0 Å². The van der Waals surface area contributed by atoms with Gasteiger partial charge in [0.1, 0.15) is 5.82 Å². The zero-order valence-corrected chi connectivity index (χ0v) is 14.6. The number of benzene rings is 1. The summed E-state index contributed by atoms with van der Waals surface area (Å²) >= 11 is 0. The second kappa shape index (κ2) is 7.21. The molecule has 1 aliphatic rings. The number of para-hydroxylation sites is 1. The molecule has 3 aromatic rings. The lowest BCUT2D eigenvalue weighted by Gasteiger charge is -2.32. The van der Waals surface area contributed by atoms with E-state index < -0.39 is 0 Å². The highest BCUT2D eigenvalue weighted by Gasteiger charge is 2.14. The van der Waals surface area contributed by atoms with Crippen molar-refractivity contribution >= 4 is 16.7 Å². The number of rotatable bonds is 5. The maximum absolute atomic E-state index is 4.77. The van der Waals surface area contributed by atoms with E-state index in [0.717, 1.165) is 67.4 Å². The van der Waals surface area contributed by atoms with Crippen LogP contribution >= 0.6 is 0 Å². The normalized spacial score (nSPS) is 16.4. The van der Waals surface area contributed by atoms with Gasteiger partial charge in [-0.3, -0.25) is 4.90 Å². The van der Waals surface area contributed by atoms with E-state index in [-0.39, 0.29) is 0 Å². The summed E-state index contributed by atoms with van der Waals surface area (Å²) < 4.78 is 0. The first-order valence-corrected chi connectivity index (χ1v) is 8.84. The van der Waals surface area contributed by atoms with Crippen LogP contribution in [0.5, 0.6) is 0 Å². The molecule has 3 heterocycles. The van der Waals surface area contributed by atoms with Crippen LogP contribution in [-0.2, 0) is 0 Å². The molecule has 0 unspecified atom stereocenters. The molecular weight excluding hydrogens is 312 g/mol. The molecule has 0 aliphatic carbocycles. The van der Waals surface area contributed by atoms with E-state index in [4.69, 9.17) is 9.97 Å². The molecule has 6 heteroatoms. The Balaban J connectivity index is 1.51. The van der Waals surface area contributed by atoms with Crippen LogP contribution in [0.4, 0.5) is 5.82 Å². The summed E-state index contributed by atoms with van der Waals surface area (Å²) in [4.78, 5) is 17.4. The Kier molecular flexibility index (Phi) is 4.63. The fourth-order valence-electron chi connectivity index (χ4n) is 3.21. The molecule has 4 rings (SSSR count). The number of anilines is 1. The quantitative estimate of drug-likeness (QED) is 0.749. The Morgan fingerprint density at radius 2 is 1.92 bits per heavy atom. The van der Waals surface area contributed by atoms with E-state index in [2.05, 4.69) is 33.2 Å². The van der Waals surface area contributed by atoms with Crippen LogP contribution in [0.1, 0.15) is 0 Å². The number of aromatic nitrogens is 3. The van der Waals surface area contributed by atoms with Crippen LogP contribution in [-0.4, -0.2) is 71.1 Å². The van der Waals surface area contributed by atoms with E-state index in [0.29, 0.717) is 0 Å². The SMILES string of the molecule is CN1CCN(CCNc2nc(-c3cc[nH]c3)nc3ccccc23)CC1. The highest BCUT2D eigenvalue weighted by atomic mass is 15.2. The third kappa shape index (κ3) is 3.65. The Labute approximate surface area is 147 Å². The number of likely N-dealkylation sites (N-methyl/N-ethyl adjacent to an activating group) is 1. The molecule has 1 saturated heterocycles. The number of H-pyrrole nitrogens is 1. The van der Waals surface area contributed by atoms with Gasteiger partial charge >= 0.3 is 0 Å². The van der Waals surface area contributed by atoms with Gasteiger partial charge in [-0.1, -0.05) is 12.1 Å². The highest BCUT2D eigenvalue weighted by molar-refractivity contribution is 5.90. The van der Waals surface area contributed by atoms with E-state index >= 15 is 0 Å². The molecule has 6 nitrogen and oxygen atoms in total. The topological polar surface area (TPSA) is 60.1 Å². The van der Waals surface area contributed by atoms with Crippen LogP contribution in [0.3, 0.4) is 0 Å². The van der Waals surface area contributed by atoms with Crippen LogP contribution in [0.15, 0.2) is 42.7 Å². The first-order chi connectivity index (χ1) is 12.3. The summed E-state index contributed by atoms with van der Waals surface area (Å²) in [6, 6.07) is 10.2. The van der Waals surface area contributed by atoms with Gasteiger partial charge in [-0.15, -0.1) is 0 Å². The number of aromatic amines is 1. The fraction of sp³-hybridized carbons (Fsp3) is 0.368. The van der Waals surface area contributed by atoms with Gasteiger partial charge in [-0.2, -0.15) is 0 Å². The van der Waals surface area contributed by atoms with E-state index in [9.17, 15) is 0 Å². The average Bonchev–Trinajstić information content (AvgIpc) is 3.18. The third-order valence-electron chi connectivity index (χ3n) is 4.78. The number of piperazine rings is 1. The third-order valence-corrected chi connectivity index (χ3v) is 4.78. The van der Waals surface area contributed by atoms with Gasteiger partial charge in [0, 0.05) is 62.6 Å². The Morgan fingerprint density at radius 3 is 2.72 bits per heavy atom. The van der Waals surface area contributed by atoms with Crippen LogP contribution in [0.2, 0.25) is 0 Å². The molecule has 0 radical (unpaired) electrons. The van der Waals surface area contributed by atoms with Crippen LogP contribution < -0.4 is 5.32 Å². The summed E-state index contributed by atoms with van der Waals surface area (Å²) in [5.41, 5.74) is 1.98. The molecule has 0 atom stereocenters. The monoisotopic (exact) mass is 336 g/mol. The largest absolute Gasteiger partial charge is 0.368 e. The maximum Gasteiger partial charge on any atom is 0.163 e. The minimum atomic E-state index is 0.752. The molecule has 0 spiro atoms. The first-order valence-electron chi connectivity index (χ1n) is 8.84. The van der Waals surface area contributed by atoms with Gasteiger partial charge in [-0.25, -0.2) is 9.97 Å². The van der Waals surface area contributed by atoms with Crippen LogP contribution in [0, 0.1) is 0 Å². The van der Waals surface area contributed by atoms with Gasteiger partial charge in [0.25, 0.3) is 0 Å². The standard InChI is InChI=1S/C19H24N6/c1-24-10-12-25(13-11-24)9-8-21-19-16-4-2-3-5-17(16)22-18(23-19)15-6-7-20-14-15/h2-7,14,20H,8-13H2,1H3,(H,21,22,23). The summed E-state index contributed by atoms with van der Waals surface area (Å²) in [5, 5.41) is 4.60. The minimum Gasteiger partial charge on any atom is -0.368 e. The Morgan fingerprint density at radius 1 is 1.08 bits per heavy atom. The molecule has 2 aromatic heterocycles. The van der Waals surface area contributed by atoms with Gasteiger partial charge in [0.15, 0.2) is 5.82 Å². The van der Waals surface area contributed by atoms with E-state index in [1.807, 2.05) is 36.7 Å². The minimum absolute atomic E-state index is 0.752. The maximum atomic E-state index is 4.77.